The fourth-order valence-corrected chi connectivity index (χ4v) is 5.33. The Balaban J connectivity index is 1.95. The first-order chi connectivity index (χ1) is 8.29. The number of nitrogens with one attached hydrogen (secondary N) is 1. The van der Waals surface area contributed by atoms with Crippen molar-refractivity contribution in [3.63, 3.8) is 0 Å². The van der Waals surface area contributed by atoms with Gasteiger partial charge in [0.25, 0.3) is 0 Å². The summed E-state index contributed by atoms with van der Waals surface area (Å²) in [4.78, 5) is 1.49. The van der Waals surface area contributed by atoms with Crippen molar-refractivity contribution in [1.29, 1.82) is 0 Å². The van der Waals surface area contributed by atoms with Gasteiger partial charge in [0.2, 0.25) is 0 Å². The molecular weight excluding hydrogens is 314 g/mol. The Bertz CT molecular complexity index is 334. The van der Waals surface area contributed by atoms with Crippen molar-refractivity contribution in [3.8, 4) is 0 Å². The molecule has 1 saturated heterocycles. The number of thiophene rings is 1. The lowest BCUT2D eigenvalue weighted by Gasteiger charge is -2.30. The summed E-state index contributed by atoms with van der Waals surface area (Å²) >= 11 is 7.59. The van der Waals surface area contributed by atoms with Gasteiger partial charge in [-0.25, -0.2) is 0 Å². The Morgan fingerprint density at radius 1 is 1.47 bits per heavy atom. The quantitative estimate of drug-likeness (QED) is 0.861. The van der Waals surface area contributed by atoms with Gasteiger partial charge in [-0.05, 0) is 59.6 Å². The van der Waals surface area contributed by atoms with E-state index in [-0.39, 0.29) is 0 Å². The minimum atomic E-state index is 0.649. The van der Waals surface area contributed by atoms with E-state index >= 15 is 0 Å². The van der Waals surface area contributed by atoms with Crippen LogP contribution in [0.25, 0.3) is 0 Å². The topological polar surface area (TPSA) is 12.0 Å². The summed E-state index contributed by atoms with van der Waals surface area (Å²) < 4.78 is 1.25. The third-order valence-corrected chi connectivity index (χ3v) is 6.34. The summed E-state index contributed by atoms with van der Waals surface area (Å²) in [5, 5.41) is 4.49. The van der Waals surface area contributed by atoms with E-state index in [1.165, 1.54) is 40.1 Å². The smallest absolute Gasteiger partial charge is 0.0701 e. The number of likely N-dealkylation sites (N-methyl/N-ethyl adjacent to an activating group) is 1. The first-order valence-electron chi connectivity index (χ1n) is 6.39. The second-order valence-electron chi connectivity index (χ2n) is 4.48. The maximum Gasteiger partial charge on any atom is 0.0701 e. The minimum absolute atomic E-state index is 0.649. The Kier molecular flexibility index (Phi) is 5.87. The van der Waals surface area contributed by atoms with Crippen LogP contribution in [0.5, 0.6) is 0 Å². The van der Waals surface area contributed by atoms with Crippen LogP contribution < -0.4 is 5.32 Å². The molecule has 17 heavy (non-hydrogen) atoms. The standard InChI is InChI=1S/C13H20BrNS2/c1-2-15-11(12-5-3-4-8-16-12)9-10-6-7-13(14)17-10/h6-7,11-12,15H,2-5,8-9H2,1H3. The lowest BCUT2D eigenvalue weighted by atomic mass is 10.0. The number of thioether (sulfide) groups is 1. The number of rotatable bonds is 5. The van der Waals surface area contributed by atoms with E-state index in [2.05, 4.69) is 52.1 Å². The summed E-state index contributed by atoms with van der Waals surface area (Å²) in [5.41, 5.74) is 0. The third-order valence-electron chi connectivity index (χ3n) is 3.18. The predicted octanol–water partition coefficient (Wildman–Crippen LogP) is 4.32. The zero-order chi connectivity index (χ0) is 12.1. The van der Waals surface area contributed by atoms with Crippen molar-refractivity contribution in [2.24, 2.45) is 0 Å². The summed E-state index contributed by atoms with van der Waals surface area (Å²) in [6, 6.07) is 5.07. The number of halogens is 1. The Labute approximate surface area is 121 Å². The molecule has 2 unspecified atom stereocenters. The average molecular weight is 334 g/mol. The summed E-state index contributed by atoms with van der Waals surface area (Å²) in [6.45, 7) is 3.29. The van der Waals surface area contributed by atoms with Crippen LogP contribution in [0, 0.1) is 0 Å². The highest BCUT2D eigenvalue weighted by molar-refractivity contribution is 9.11. The van der Waals surface area contributed by atoms with E-state index in [1.54, 1.807) is 0 Å². The van der Waals surface area contributed by atoms with Crippen molar-refractivity contribution >= 4 is 39.0 Å². The van der Waals surface area contributed by atoms with E-state index in [0.717, 1.165) is 11.8 Å². The predicted molar refractivity (Wildman–Crippen MR) is 83.3 cm³/mol. The number of hydrogen-bond acceptors (Lipinski definition) is 3. The Hall–Kier alpha value is 0.490. The largest absolute Gasteiger partial charge is 0.313 e. The molecule has 0 saturated carbocycles. The normalized spacial score (nSPS) is 22.6. The monoisotopic (exact) mass is 333 g/mol. The van der Waals surface area contributed by atoms with Gasteiger partial charge in [-0.2, -0.15) is 11.8 Å². The van der Waals surface area contributed by atoms with Crippen LogP contribution in [0.3, 0.4) is 0 Å². The molecule has 1 aromatic heterocycles. The summed E-state index contributed by atoms with van der Waals surface area (Å²) in [5.74, 6) is 1.35. The summed E-state index contributed by atoms with van der Waals surface area (Å²) in [7, 11) is 0. The molecule has 0 amide bonds. The van der Waals surface area contributed by atoms with Gasteiger partial charge in [-0.15, -0.1) is 11.3 Å². The van der Waals surface area contributed by atoms with Gasteiger partial charge < -0.3 is 5.32 Å². The number of hydrogen-bond donors (Lipinski definition) is 1. The molecule has 2 heterocycles. The maximum atomic E-state index is 3.68. The molecule has 0 aliphatic carbocycles. The highest BCUT2D eigenvalue weighted by atomic mass is 79.9. The molecule has 2 rings (SSSR count). The minimum Gasteiger partial charge on any atom is -0.313 e. The Morgan fingerprint density at radius 3 is 2.94 bits per heavy atom. The molecule has 1 nitrogen and oxygen atoms in total. The molecular formula is C13H20BrNS2. The molecule has 96 valence electrons. The van der Waals surface area contributed by atoms with Crippen LogP contribution in [0.1, 0.15) is 31.1 Å². The van der Waals surface area contributed by atoms with Gasteiger partial charge in [-0.3, -0.25) is 0 Å². The SMILES string of the molecule is CCNC(Cc1ccc(Br)s1)C1CCCCS1. The van der Waals surface area contributed by atoms with Crippen molar-refractivity contribution < 1.29 is 0 Å². The van der Waals surface area contributed by atoms with E-state index in [0.29, 0.717) is 6.04 Å². The zero-order valence-electron chi connectivity index (χ0n) is 10.2. The molecule has 1 aromatic rings. The lowest BCUT2D eigenvalue weighted by molar-refractivity contribution is 0.474. The van der Waals surface area contributed by atoms with E-state index in [1.807, 2.05) is 11.3 Å². The van der Waals surface area contributed by atoms with Crippen LogP contribution >= 0.6 is 39.0 Å². The molecule has 0 bridgehead atoms. The van der Waals surface area contributed by atoms with Gasteiger partial charge in [0.05, 0.1) is 3.79 Å². The highest BCUT2D eigenvalue weighted by Gasteiger charge is 2.24. The van der Waals surface area contributed by atoms with Gasteiger partial charge in [-0.1, -0.05) is 13.3 Å². The molecule has 1 N–H and O–H groups in total. The molecule has 0 radical (unpaired) electrons. The fraction of sp³-hybridized carbons (Fsp3) is 0.692. The Morgan fingerprint density at radius 2 is 2.35 bits per heavy atom. The van der Waals surface area contributed by atoms with Gasteiger partial charge in [0.1, 0.15) is 0 Å². The molecule has 0 spiro atoms. The van der Waals surface area contributed by atoms with Crippen molar-refractivity contribution in [3.05, 3.63) is 20.8 Å². The summed E-state index contributed by atoms with van der Waals surface area (Å²) in [6.07, 6.45) is 5.38. The first-order valence-corrected chi connectivity index (χ1v) is 9.04. The van der Waals surface area contributed by atoms with Crippen molar-refractivity contribution in [2.75, 3.05) is 12.3 Å². The molecule has 4 heteroatoms. The van der Waals surface area contributed by atoms with Gasteiger partial charge in [0, 0.05) is 16.2 Å². The van der Waals surface area contributed by atoms with Crippen LogP contribution in [-0.2, 0) is 6.42 Å². The molecule has 1 fully saturated rings. The van der Waals surface area contributed by atoms with Crippen LogP contribution in [0.4, 0.5) is 0 Å². The highest BCUT2D eigenvalue weighted by Crippen LogP contribution is 2.31. The fourth-order valence-electron chi connectivity index (χ4n) is 2.36. The van der Waals surface area contributed by atoms with Crippen LogP contribution in [0.15, 0.2) is 15.9 Å². The zero-order valence-corrected chi connectivity index (χ0v) is 13.5. The molecule has 2 atom stereocenters. The lowest BCUT2D eigenvalue weighted by Crippen LogP contribution is -2.40. The van der Waals surface area contributed by atoms with Gasteiger partial charge >= 0.3 is 0 Å². The maximum absolute atomic E-state index is 3.68. The van der Waals surface area contributed by atoms with E-state index < -0.39 is 0 Å². The van der Waals surface area contributed by atoms with E-state index in [9.17, 15) is 0 Å². The molecule has 1 aliphatic heterocycles. The van der Waals surface area contributed by atoms with Crippen LogP contribution in [-0.4, -0.2) is 23.6 Å². The van der Waals surface area contributed by atoms with E-state index in [4.69, 9.17) is 0 Å². The van der Waals surface area contributed by atoms with Gasteiger partial charge in [0.15, 0.2) is 0 Å². The first kappa shape index (κ1) is 13.9. The van der Waals surface area contributed by atoms with Crippen molar-refractivity contribution in [2.45, 2.75) is 43.9 Å². The van der Waals surface area contributed by atoms with Crippen molar-refractivity contribution in [1.82, 2.24) is 5.32 Å². The average Bonchev–Trinajstić information content (AvgIpc) is 2.75. The molecule has 0 aromatic carbocycles. The van der Waals surface area contributed by atoms with Crippen LogP contribution in [0.2, 0.25) is 0 Å². The second-order valence-corrected chi connectivity index (χ2v) is 8.37. The third kappa shape index (κ3) is 4.27. The molecule has 1 aliphatic rings. The second kappa shape index (κ2) is 7.17.